The predicted octanol–water partition coefficient (Wildman–Crippen LogP) is 2.21. The van der Waals surface area contributed by atoms with Gasteiger partial charge in [0.2, 0.25) is 0 Å². The zero-order chi connectivity index (χ0) is 9.10. The van der Waals surface area contributed by atoms with Crippen LogP contribution in [0.3, 0.4) is 0 Å². The number of benzene rings is 1. The van der Waals surface area contributed by atoms with Crippen molar-refractivity contribution in [2.24, 2.45) is 0 Å². The molecule has 1 heterocycles. The maximum Gasteiger partial charge on any atom is 0.176 e. The number of rotatable bonds is 2. The second kappa shape index (κ2) is 3.53. The van der Waals surface area contributed by atoms with E-state index >= 15 is 0 Å². The van der Waals surface area contributed by atoms with Gasteiger partial charge in [-0.15, -0.1) is 0 Å². The van der Waals surface area contributed by atoms with Crippen LogP contribution >= 0.6 is 11.5 Å². The molecule has 13 heavy (non-hydrogen) atoms. The Kier molecular flexibility index (Phi) is 2.23. The van der Waals surface area contributed by atoms with E-state index in [4.69, 9.17) is 4.74 Å². The highest BCUT2D eigenvalue weighted by Gasteiger charge is 2.06. The van der Waals surface area contributed by atoms with E-state index in [2.05, 4.69) is 9.36 Å². The number of hydrogen-bond acceptors (Lipinski definition) is 4. The summed E-state index contributed by atoms with van der Waals surface area (Å²) < 4.78 is 9.34. The number of aromatic nitrogens is 2. The topological polar surface area (TPSA) is 35.0 Å². The first kappa shape index (κ1) is 8.19. The Morgan fingerprint density at radius 1 is 1.31 bits per heavy atom. The van der Waals surface area contributed by atoms with E-state index < -0.39 is 0 Å². The maximum absolute atomic E-state index is 5.19. The van der Waals surface area contributed by atoms with E-state index in [-0.39, 0.29) is 0 Å². The second-order valence-corrected chi connectivity index (χ2v) is 3.06. The van der Waals surface area contributed by atoms with Crippen LogP contribution in [0.15, 0.2) is 29.8 Å². The Morgan fingerprint density at radius 2 is 2.15 bits per heavy atom. The summed E-state index contributed by atoms with van der Waals surface area (Å²) in [7, 11) is 1.64. The first-order chi connectivity index (χ1) is 6.42. The largest absolute Gasteiger partial charge is 0.496 e. The Hall–Kier alpha value is -1.42. The molecule has 3 nitrogen and oxygen atoms in total. The summed E-state index contributed by atoms with van der Waals surface area (Å²) >= 11 is 1.34. The number of nitrogens with zero attached hydrogens (tertiary/aromatic N) is 2. The molecular weight excluding hydrogens is 184 g/mol. The minimum Gasteiger partial charge on any atom is -0.496 e. The third-order valence-electron chi connectivity index (χ3n) is 1.71. The maximum atomic E-state index is 5.19. The lowest BCUT2D eigenvalue weighted by Gasteiger charge is -2.03. The van der Waals surface area contributed by atoms with Crippen molar-refractivity contribution in [3.8, 4) is 17.1 Å². The third-order valence-corrected chi connectivity index (χ3v) is 2.19. The first-order valence-electron chi connectivity index (χ1n) is 3.81. The van der Waals surface area contributed by atoms with Gasteiger partial charge < -0.3 is 4.74 Å². The van der Waals surface area contributed by atoms with Gasteiger partial charge >= 0.3 is 0 Å². The van der Waals surface area contributed by atoms with Gasteiger partial charge in [0, 0.05) is 0 Å². The molecule has 4 heteroatoms. The molecule has 0 aliphatic heterocycles. The van der Waals surface area contributed by atoms with Crippen molar-refractivity contribution in [1.29, 1.82) is 0 Å². The molecule has 2 rings (SSSR count). The van der Waals surface area contributed by atoms with Crippen LogP contribution in [-0.4, -0.2) is 16.5 Å². The molecule has 0 saturated heterocycles. The van der Waals surface area contributed by atoms with Crippen molar-refractivity contribution in [2.75, 3.05) is 7.11 Å². The molecule has 0 N–H and O–H groups in total. The lowest BCUT2D eigenvalue weighted by atomic mass is 10.2. The molecule has 0 bridgehead atoms. The highest BCUT2D eigenvalue weighted by molar-refractivity contribution is 7.03. The Bertz CT molecular complexity index is 386. The zero-order valence-corrected chi connectivity index (χ0v) is 7.91. The summed E-state index contributed by atoms with van der Waals surface area (Å²) in [6, 6.07) is 7.71. The Labute approximate surface area is 80.2 Å². The standard InChI is InChI=1S/C9H8N2OS/c1-12-8-5-3-2-4-7(8)9-10-6-13-11-9/h2-6H,1H3. The average Bonchev–Trinajstić information content (AvgIpc) is 2.70. The number of methoxy groups -OCH3 is 1. The van der Waals surface area contributed by atoms with E-state index in [1.165, 1.54) is 11.5 Å². The molecule has 1 aromatic carbocycles. The van der Waals surface area contributed by atoms with Gasteiger partial charge in [0.15, 0.2) is 5.82 Å². The normalized spacial score (nSPS) is 9.92. The molecule has 66 valence electrons. The lowest BCUT2D eigenvalue weighted by Crippen LogP contribution is -1.87. The van der Waals surface area contributed by atoms with Gasteiger partial charge in [0.05, 0.1) is 12.7 Å². The average molecular weight is 192 g/mol. The summed E-state index contributed by atoms with van der Waals surface area (Å²) in [5, 5.41) is 0. The highest BCUT2D eigenvalue weighted by Crippen LogP contribution is 2.26. The number of hydrogen-bond donors (Lipinski definition) is 0. The molecule has 0 aliphatic carbocycles. The van der Waals surface area contributed by atoms with Crippen molar-refractivity contribution >= 4 is 11.5 Å². The van der Waals surface area contributed by atoms with Crippen molar-refractivity contribution in [1.82, 2.24) is 9.36 Å². The Morgan fingerprint density at radius 3 is 2.85 bits per heavy atom. The van der Waals surface area contributed by atoms with Gasteiger partial charge in [-0.05, 0) is 23.7 Å². The summed E-state index contributed by atoms with van der Waals surface area (Å²) in [5.41, 5.74) is 2.65. The molecule has 0 fully saturated rings. The number of para-hydroxylation sites is 1. The summed E-state index contributed by atoms with van der Waals surface area (Å²) in [5.74, 6) is 1.53. The van der Waals surface area contributed by atoms with Crippen molar-refractivity contribution in [3.05, 3.63) is 29.8 Å². The Balaban J connectivity index is 2.51. The minimum absolute atomic E-state index is 0.724. The lowest BCUT2D eigenvalue weighted by molar-refractivity contribution is 0.416. The van der Waals surface area contributed by atoms with Gasteiger partial charge in [0.25, 0.3) is 0 Å². The fraction of sp³-hybridized carbons (Fsp3) is 0.111. The second-order valence-electron chi connectivity index (χ2n) is 2.46. The SMILES string of the molecule is COc1ccccc1-c1ncsn1. The van der Waals surface area contributed by atoms with Gasteiger partial charge in [-0.2, -0.15) is 4.37 Å². The quantitative estimate of drug-likeness (QED) is 0.731. The van der Waals surface area contributed by atoms with Crippen LogP contribution in [0.1, 0.15) is 0 Å². The van der Waals surface area contributed by atoms with Gasteiger partial charge in [0.1, 0.15) is 11.3 Å². The predicted molar refractivity (Wildman–Crippen MR) is 51.9 cm³/mol. The molecular formula is C9H8N2OS. The van der Waals surface area contributed by atoms with Gasteiger partial charge in [-0.3, -0.25) is 0 Å². The van der Waals surface area contributed by atoms with Crippen LogP contribution in [0.25, 0.3) is 11.4 Å². The molecule has 0 unspecified atom stereocenters. The molecule has 0 radical (unpaired) electrons. The highest BCUT2D eigenvalue weighted by atomic mass is 32.1. The van der Waals surface area contributed by atoms with E-state index in [1.54, 1.807) is 12.6 Å². The molecule has 1 aromatic heterocycles. The summed E-state index contributed by atoms with van der Waals surface area (Å²) in [6.45, 7) is 0. The van der Waals surface area contributed by atoms with Crippen molar-refractivity contribution in [3.63, 3.8) is 0 Å². The van der Waals surface area contributed by atoms with Crippen LogP contribution in [0, 0.1) is 0 Å². The van der Waals surface area contributed by atoms with Crippen molar-refractivity contribution in [2.45, 2.75) is 0 Å². The molecule has 2 aromatic rings. The number of ether oxygens (including phenoxy) is 1. The summed E-state index contributed by atoms with van der Waals surface area (Å²) in [4.78, 5) is 4.12. The zero-order valence-electron chi connectivity index (χ0n) is 7.10. The van der Waals surface area contributed by atoms with Crippen LogP contribution in [-0.2, 0) is 0 Å². The first-order valence-corrected chi connectivity index (χ1v) is 4.65. The summed E-state index contributed by atoms with van der Waals surface area (Å²) in [6.07, 6.45) is 0. The van der Waals surface area contributed by atoms with Gasteiger partial charge in [-0.25, -0.2) is 4.98 Å². The van der Waals surface area contributed by atoms with E-state index in [0.717, 1.165) is 17.1 Å². The molecule has 0 spiro atoms. The van der Waals surface area contributed by atoms with Crippen LogP contribution in [0.5, 0.6) is 5.75 Å². The monoisotopic (exact) mass is 192 g/mol. The van der Waals surface area contributed by atoms with E-state index in [9.17, 15) is 0 Å². The fourth-order valence-electron chi connectivity index (χ4n) is 1.12. The van der Waals surface area contributed by atoms with Crippen molar-refractivity contribution < 1.29 is 4.74 Å². The smallest absolute Gasteiger partial charge is 0.176 e. The molecule has 0 saturated carbocycles. The minimum atomic E-state index is 0.724. The fourth-order valence-corrected chi connectivity index (χ4v) is 1.56. The third kappa shape index (κ3) is 1.53. The molecule has 0 atom stereocenters. The van der Waals surface area contributed by atoms with E-state index in [0.29, 0.717) is 0 Å². The van der Waals surface area contributed by atoms with Crippen LogP contribution in [0.2, 0.25) is 0 Å². The molecule has 0 amide bonds. The van der Waals surface area contributed by atoms with Gasteiger partial charge in [-0.1, -0.05) is 12.1 Å². The molecule has 0 aliphatic rings. The van der Waals surface area contributed by atoms with Crippen LogP contribution < -0.4 is 4.74 Å². The van der Waals surface area contributed by atoms with E-state index in [1.807, 2.05) is 24.3 Å². The van der Waals surface area contributed by atoms with Crippen LogP contribution in [0.4, 0.5) is 0 Å².